The van der Waals surface area contributed by atoms with Crippen LogP contribution in [0.15, 0.2) is 48.5 Å². The fraction of sp³-hybridized carbons (Fsp3) is 0.0625. The van der Waals surface area contributed by atoms with Crippen LogP contribution in [0.25, 0.3) is 0 Å². The fourth-order valence-corrected chi connectivity index (χ4v) is 1.38. The second-order valence-electron chi connectivity index (χ2n) is 4.34. The monoisotopic (exact) mass is 415 g/mol. The number of aliphatic hydroxyl groups excluding tert-OH is 1. The number of hydrogen-bond donors (Lipinski definition) is 6. The van der Waals surface area contributed by atoms with E-state index < -0.39 is 24.5 Å². The normalized spacial score (nSPS) is 8.19. The summed E-state index contributed by atoms with van der Waals surface area (Å²) in [5, 5.41) is 32.0. The third-order valence-electron chi connectivity index (χ3n) is 2.52. The van der Waals surface area contributed by atoms with Crippen molar-refractivity contribution in [1.29, 1.82) is 0 Å². The number of carboxylic acids is 3. The van der Waals surface area contributed by atoms with E-state index in [2.05, 4.69) is 0 Å². The van der Waals surface area contributed by atoms with Crippen molar-refractivity contribution in [3.05, 3.63) is 59.7 Å². The van der Waals surface area contributed by atoms with Crippen LogP contribution in [-0.2, 0) is 26.5 Å². The molecule has 0 aliphatic heterocycles. The molecule has 27 heavy (non-hydrogen) atoms. The number of nitrogens with two attached hydrogens (primary N) is 2. The van der Waals surface area contributed by atoms with Crippen LogP contribution in [-0.4, -0.2) is 50.4 Å². The van der Waals surface area contributed by atoms with E-state index in [9.17, 15) is 9.59 Å². The van der Waals surface area contributed by atoms with Gasteiger partial charge in [-0.25, -0.2) is 14.4 Å². The van der Waals surface area contributed by atoms with Gasteiger partial charge in [-0.3, -0.25) is 0 Å². The molecule has 9 N–H and O–H groups in total. The van der Waals surface area contributed by atoms with Crippen molar-refractivity contribution >= 4 is 29.3 Å². The van der Waals surface area contributed by atoms with Crippen LogP contribution >= 0.6 is 0 Å². The Morgan fingerprint density at radius 2 is 1.00 bits per heavy atom. The number of aromatic carboxylic acids is 2. The first-order valence-electron chi connectivity index (χ1n) is 6.69. The van der Waals surface area contributed by atoms with Crippen molar-refractivity contribution in [1.82, 2.24) is 0 Å². The zero-order chi connectivity index (χ0) is 19.4. The first-order valence-corrected chi connectivity index (χ1v) is 6.69. The Kier molecular flexibility index (Phi) is 16.4. The molecule has 10 nitrogen and oxygen atoms in total. The predicted molar refractivity (Wildman–Crippen MR) is 92.3 cm³/mol. The van der Waals surface area contributed by atoms with Crippen LogP contribution < -0.4 is 11.5 Å². The Morgan fingerprint density at radius 1 is 0.741 bits per heavy atom. The molecule has 0 bridgehead atoms. The Hall–Kier alpha value is -2.92. The van der Waals surface area contributed by atoms with E-state index in [-0.39, 0.29) is 38.3 Å². The number of rotatable bonds is 3. The van der Waals surface area contributed by atoms with Gasteiger partial charge in [0.2, 0.25) is 0 Å². The molecule has 2 aromatic carbocycles. The van der Waals surface area contributed by atoms with Gasteiger partial charge < -0.3 is 37.4 Å². The summed E-state index contributed by atoms with van der Waals surface area (Å²) in [4.78, 5) is 29.8. The van der Waals surface area contributed by atoms with Crippen LogP contribution in [0.1, 0.15) is 20.7 Å². The maximum absolute atomic E-state index is 10.3. The minimum atomic E-state index is -1.19. The van der Waals surface area contributed by atoms with Gasteiger partial charge in [0, 0.05) is 33.1 Å². The van der Waals surface area contributed by atoms with Crippen LogP contribution in [0.4, 0.5) is 11.4 Å². The van der Waals surface area contributed by atoms with Gasteiger partial charge in [0.05, 0.1) is 11.1 Å². The largest absolute Gasteiger partial charge is 0.870 e. The third-order valence-corrected chi connectivity index (χ3v) is 2.52. The maximum atomic E-state index is 10.3. The summed E-state index contributed by atoms with van der Waals surface area (Å²) >= 11 is 0. The van der Waals surface area contributed by atoms with Crippen LogP contribution in [0, 0.1) is 0 Å². The molecule has 0 aromatic heterocycles. The number of benzene rings is 2. The smallest absolute Gasteiger partial charge is 0.337 e. The zero-order valence-electron chi connectivity index (χ0n) is 13.9. The molecule has 0 heterocycles. The summed E-state index contributed by atoms with van der Waals surface area (Å²) < 4.78 is 0. The van der Waals surface area contributed by atoms with Gasteiger partial charge in [0.15, 0.2) is 0 Å². The summed E-state index contributed by atoms with van der Waals surface area (Å²) in [6, 6.07) is 12.7. The summed E-state index contributed by atoms with van der Waals surface area (Å²) in [6.07, 6.45) is 0. The average Bonchev–Trinajstić information content (AvgIpc) is 2.56. The van der Waals surface area contributed by atoms with Gasteiger partial charge in [0.25, 0.3) is 0 Å². The first-order chi connectivity index (χ1) is 11.7. The number of carboxylic acid groups (broad SMARTS) is 3. The van der Waals surface area contributed by atoms with Gasteiger partial charge in [-0.2, -0.15) is 0 Å². The van der Waals surface area contributed by atoms with Crippen molar-refractivity contribution in [2.24, 2.45) is 0 Å². The number of para-hydroxylation sites is 2. The molecule has 0 saturated heterocycles. The van der Waals surface area contributed by atoms with Gasteiger partial charge >= 0.3 is 17.9 Å². The molecule has 0 atom stereocenters. The number of anilines is 2. The van der Waals surface area contributed by atoms with Crippen molar-refractivity contribution in [2.45, 2.75) is 0 Å². The summed E-state index contributed by atoms with van der Waals surface area (Å²) in [6.45, 7) is -0.778. The number of nitrogen functional groups attached to an aromatic ring is 2. The average molecular weight is 415 g/mol. The molecule has 146 valence electrons. The van der Waals surface area contributed by atoms with Crippen molar-refractivity contribution in [2.75, 3.05) is 18.1 Å². The minimum Gasteiger partial charge on any atom is -0.870 e. The van der Waals surface area contributed by atoms with E-state index in [0.29, 0.717) is 11.4 Å². The van der Waals surface area contributed by atoms with E-state index in [4.69, 9.17) is 36.7 Å². The number of hydrogen-bond acceptors (Lipinski definition) is 7. The molecule has 0 amide bonds. The van der Waals surface area contributed by atoms with Crippen LogP contribution in [0.2, 0.25) is 0 Å². The molecule has 11 heteroatoms. The Bertz CT molecular complexity index is 684. The van der Waals surface area contributed by atoms with E-state index in [1.807, 2.05) is 0 Å². The zero-order valence-corrected chi connectivity index (χ0v) is 15.5. The minimum absolute atomic E-state index is 0. The van der Waals surface area contributed by atoms with Crippen molar-refractivity contribution in [3.8, 4) is 0 Å². The molecular formula is C16H19N2O8Ti-. The molecular weight excluding hydrogens is 396 g/mol. The predicted octanol–water partition coefficient (Wildman–Crippen LogP) is 0.818. The molecule has 0 aliphatic carbocycles. The van der Waals surface area contributed by atoms with Crippen LogP contribution in [0.3, 0.4) is 0 Å². The number of aliphatic carboxylic acids is 1. The van der Waals surface area contributed by atoms with Gasteiger partial charge in [-0.15, -0.1) is 0 Å². The first kappa shape index (κ1) is 28.9. The topological polar surface area (TPSA) is 214 Å². The molecule has 0 radical (unpaired) electrons. The van der Waals surface area contributed by atoms with E-state index in [1.165, 1.54) is 12.1 Å². The van der Waals surface area contributed by atoms with Crippen molar-refractivity contribution in [3.63, 3.8) is 0 Å². The maximum Gasteiger partial charge on any atom is 0.337 e. The van der Waals surface area contributed by atoms with Crippen molar-refractivity contribution < 1.29 is 62.0 Å². The van der Waals surface area contributed by atoms with E-state index in [1.54, 1.807) is 36.4 Å². The molecule has 0 fully saturated rings. The molecule has 0 saturated carbocycles. The van der Waals surface area contributed by atoms with Gasteiger partial charge in [-0.05, 0) is 24.3 Å². The van der Waals surface area contributed by atoms with Gasteiger partial charge in [0.1, 0.15) is 6.61 Å². The standard InChI is InChI=1S/2C7H7NO2.C2H4O3.H2O.Ti/c2*8-6-4-2-1-3-5(6)7(9)10;3-1-2(4)5;;/h2*1-4H,8H2,(H,9,10);3H,1H2,(H,4,5);1H2;/p-1. The van der Waals surface area contributed by atoms with E-state index in [0.717, 1.165) is 0 Å². The quantitative estimate of drug-likeness (QED) is 0.306. The number of carbonyl (C=O) groups is 3. The molecule has 2 aromatic rings. The summed E-state index contributed by atoms with van der Waals surface area (Å²) in [5.41, 5.74) is 11.6. The van der Waals surface area contributed by atoms with Gasteiger partial charge in [-0.1, -0.05) is 24.3 Å². The summed E-state index contributed by atoms with van der Waals surface area (Å²) in [5.74, 6) is -3.17. The summed E-state index contributed by atoms with van der Waals surface area (Å²) in [7, 11) is 0. The molecule has 2 rings (SSSR count). The Morgan fingerprint density at radius 3 is 1.15 bits per heavy atom. The number of aliphatic hydroxyl groups is 1. The molecule has 0 unspecified atom stereocenters. The van der Waals surface area contributed by atoms with Crippen LogP contribution in [0.5, 0.6) is 0 Å². The molecule has 0 spiro atoms. The van der Waals surface area contributed by atoms with E-state index >= 15 is 0 Å². The second-order valence-corrected chi connectivity index (χ2v) is 4.34. The fourth-order valence-electron chi connectivity index (χ4n) is 1.38. The Labute approximate surface area is 169 Å². The third kappa shape index (κ3) is 12.1. The second kappa shape index (κ2) is 15.3. The SMILES string of the molecule is Nc1ccccc1C(=O)O.Nc1ccccc1C(=O)O.O=C(O)CO.[OH-].[Ti]. The molecule has 0 aliphatic rings. The Balaban J connectivity index is -0.000000326.